The Labute approximate surface area is 225 Å². The van der Waals surface area contributed by atoms with Gasteiger partial charge in [-0.1, -0.05) is 13.8 Å². The summed E-state index contributed by atoms with van der Waals surface area (Å²) in [5, 5.41) is 8.88. The van der Waals surface area contributed by atoms with Crippen LogP contribution in [0.15, 0.2) is 30.3 Å². The summed E-state index contributed by atoms with van der Waals surface area (Å²) >= 11 is 0. The third-order valence-corrected chi connectivity index (χ3v) is 7.44. The zero-order chi connectivity index (χ0) is 27.1. The van der Waals surface area contributed by atoms with E-state index in [2.05, 4.69) is 33.8 Å². The molecule has 1 saturated carbocycles. The number of amides is 2. The van der Waals surface area contributed by atoms with Gasteiger partial charge in [0, 0.05) is 56.8 Å². The summed E-state index contributed by atoms with van der Waals surface area (Å²) < 4.78 is 10.8. The topological polar surface area (TPSA) is 91.3 Å². The number of carbonyl (C=O) groups excluding carboxylic acids is 2. The minimum absolute atomic E-state index is 0.0197. The minimum atomic E-state index is 0.0197. The largest absolute Gasteiger partial charge is 0.497 e. The lowest BCUT2D eigenvalue weighted by molar-refractivity contribution is -0.141. The van der Waals surface area contributed by atoms with E-state index >= 15 is 0 Å². The molecule has 4 rings (SSSR count). The Morgan fingerprint density at radius 2 is 1.68 bits per heavy atom. The van der Waals surface area contributed by atoms with Crippen LogP contribution >= 0.6 is 0 Å². The number of hydrogen-bond acceptors (Lipinski definition) is 8. The SMILES string of the molecule is CCN(CC)CCN(CC(=O)N1CCN(c2ccc(-c3ccc(OC)cc3OC)nn2)CC1)C(=O)C1CC1. The van der Waals surface area contributed by atoms with Gasteiger partial charge in [0.1, 0.15) is 11.5 Å². The van der Waals surface area contributed by atoms with Gasteiger partial charge in [-0.25, -0.2) is 0 Å². The van der Waals surface area contributed by atoms with E-state index in [9.17, 15) is 9.59 Å². The third-order valence-electron chi connectivity index (χ3n) is 7.44. The van der Waals surface area contributed by atoms with Gasteiger partial charge in [0.2, 0.25) is 11.8 Å². The van der Waals surface area contributed by atoms with Gasteiger partial charge in [-0.3, -0.25) is 9.59 Å². The smallest absolute Gasteiger partial charge is 0.242 e. The molecule has 1 aliphatic heterocycles. The van der Waals surface area contributed by atoms with Crippen LogP contribution in [0.25, 0.3) is 11.3 Å². The average Bonchev–Trinajstić information content (AvgIpc) is 3.82. The number of likely N-dealkylation sites (N-methyl/N-ethyl adjacent to an activating group) is 1. The fourth-order valence-electron chi connectivity index (χ4n) is 4.75. The van der Waals surface area contributed by atoms with Crippen LogP contribution in [0.3, 0.4) is 0 Å². The second kappa shape index (κ2) is 12.9. The minimum Gasteiger partial charge on any atom is -0.497 e. The van der Waals surface area contributed by atoms with Gasteiger partial charge in [-0.2, -0.15) is 0 Å². The highest BCUT2D eigenvalue weighted by Gasteiger charge is 2.35. The molecular weight excluding hydrogens is 484 g/mol. The van der Waals surface area contributed by atoms with Gasteiger partial charge in [0.25, 0.3) is 0 Å². The van der Waals surface area contributed by atoms with E-state index in [1.54, 1.807) is 19.1 Å². The number of ether oxygens (including phenoxy) is 2. The first kappa shape index (κ1) is 27.6. The molecule has 1 aromatic heterocycles. The Kier molecular flexibility index (Phi) is 9.38. The Hall–Kier alpha value is -3.40. The van der Waals surface area contributed by atoms with Gasteiger partial charge >= 0.3 is 0 Å². The molecule has 2 aliphatic rings. The summed E-state index contributed by atoms with van der Waals surface area (Å²) in [6.45, 7) is 10.2. The highest BCUT2D eigenvalue weighted by Crippen LogP contribution is 2.33. The van der Waals surface area contributed by atoms with Crippen molar-refractivity contribution in [2.24, 2.45) is 5.92 Å². The molecule has 0 radical (unpaired) electrons. The summed E-state index contributed by atoms with van der Waals surface area (Å²) in [5.74, 6) is 2.42. The average molecular weight is 525 g/mol. The number of piperazine rings is 1. The van der Waals surface area contributed by atoms with Crippen molar-refractivity contribution in [1.82, 2.24) is 24.9 Å². The van der Waals surface area contributed by atoms with Gasteiger partial charge in [-0.15, -0.1) is 10.2 Å². The standard InChI is InChI=1S/C28H40N6O4/c1-5-31(6-2)13-14-34(28(36)21-7-8-21)20-27(35)33-17-15-32(16-18-33)26-12-11-24(29-30-26)23-10-9-22(37-3)19-25(23)38-4/h9-12,19,21H,5-8,13-18,20H2,1-4H3. The first-order valence-electron chi connectivity index (χ1n) is 13.6. The predicted molar refractivity (Wildman–Crippen MR) is 146 cm³/mol. The van der Waals surface area contributed by atoms with Crippen LogP contribution in [-0.2, 0) is 9.59 Å². The second-order valence-electron chi connectivity index (χ2n) is 9.77. The molecule has 1 saturated heterocycles. The second-order valence-corrected chi connectivity index (χ2v) is 9.77. The van der Waals surface area contributed by atoms with Crippen molar-refractivity contribution < 1.29 is 19.1 Å². The zero-order valence-electron chi connectivity index (χ0n) is 23.1. The molecule has 2 fully saturated rings. The van der Waals surface area contributed by atoms with E-state index in [1.807, 2.05) is 35.2 Å². The summed E-state index contributed by atoms with van der Waals surface area (Å²) in [5.41, 5.74) is 1.56. The van der Waals surface area contributed by atoms with Gasteiger partial charge < -0.3 is 29.1 Å². The first-order chi connectivity index (χ1) is 18.5. The molecule has 1 aromatic carbocycles. The fourth-order valence-corrected chi connectivity index (χ4v) is 4.75. The molecule has 10 nitrogen and oxygen atoms in total. The van der Waals surface area contributed by atoms with Crippen molar-refractivity contribution >= 4 is 17.6 Å². The maximum absolute atomic E-state index is 13.1. The molecule has 2 amide bonds. The molecule has 2 heterocycles. The van der Waals surface area contributed by atoms with Crippen LogP contribution in [0.2, 0.25) is 0 Å². The van der Waals surface area contributed by atoms with Gasteiger partial charge in [-0.05, 0) is 50.2 Å². The number of hydrogen-bond donors (Lipinski definition) is 0. The fraction of sp³-hybridized carbons (Fsp3) is 0.571. The quantitative estimate of drug-likeness (QED) is 0.418. The maximum Gasteiger partial charge on any atom is 0.242 e. The molecule has 10 heteroatoms. The van der Waals surface area contributed by atoms with Crippen molar-refractivity contribution in [2.45, 2.75) is 26.7 Å². The highest BCUT2D eigenvalue weighted by molar-refractivity contribution is 5.87. The number of aromatic nitrogens is 2. The number of methoxy groups -OCH3 is 2. The van der Waals surface area contributed by atoms with Crippen molar-refractivity contribution in [2.75, 3.05) is 78.0 Å². The normalized spacial score (nSPS) is 15.5. The first-order valence-corrected chi connectivity index (χ1v) is 13.6. The molecule has 0 N–H and O–H groups in total. The van der Waals surface area contributed by atoms with E-state index < -0.39 is 0 Å². The van der Waals surface area contributed by atoms with Crippen LogP contribution in [-0.4, -0.2) is 110 Å². The van der Waals surface area contributed by atoms with Crippen LogP contribution in [0.5, 0.6) is 11.5 Å². The van der Waals surface area contributed by atoms with Crippen molar-refractivity contribution in [3.63, 3.8) is 0 Å². The lowest BCUT2D eigenvalue weighted by atomic mass is 10.1. The summed E-state index contributed by atoms with van der Waals surface area (Å²) in [6.07, 6.45) is 1.89. The lowest BCUT2D eigenvalue weighted by Gasteiger charge is -2.36. The van der Waals surface area contributed by atoms with Crippen LogP contribution in [0.1, 0.15) is 26.7 Å². The van der Waals surface area contributed by atoms with E-state index in [-0.39, 0.29) is 24.3 Å². The predicted octanol–water partition coefficient (Wildman–Crippen LogP) is 2.39. The third kappa shape index (κ3) is 6.72. The molecule has 0 unspecified atom stereocenters. The number of rotatable bonds is 12. The highest BCUT2D eigenvalue weighted by atomic mass is 16.5. The Morgan fingerprint density at radius 1 is 0.947 bits per heavy atom. The maximum atomic E-state index is 13.1. The molecular formula is C28H40N6O4. The molecule has 0 bridgehead atoms. The number of nitrogens with zero attached hydrogens (tertiary/aromatic N) is 6. The van der Waals surface area contributed by atoms with Crippen LogP contribution < -0.4 is 14.4 Å². The van der Waals surface area contributed by atoms with Gasteiger partial charge in [0.05, 0.1) is 26.5 Å². The van der Waals surface area contributed by atoms with Crippen LogP contribution in [0, 0.1) is 5.92 Å². The molecule has 0 atom stereocenters. The molecule has 206 valence electrons. The zero-order valence-corrected chi connectivity index (χ0v) is 23.1. The van der Waals surface area contributed by atoms with Crippen molar-refractivity contribution in [3.05, 3.63) is 30.3 Å². The van der Waals surface area contributed by atoms with Crippen molar-refractivity contribution in [3.8, 4) is 22.8 Å². The monoisotopic (exact) mass is 524 g/mol. The Morgan fingerprint density at radius 3 is 2.26 bits per heavy atom. The van der Waals surface area contributed by atoms with E-state index in [0.29, 0.717) is 49.9 Å². The summed E-state index contributed by atoms with van der Waals surface area (Å²) in [7, 11) is 3.24. The number of carbonyl (C=O) groups is 2. The molecule has 2 aromatic rings. The van der Waals surface area contributed by atoms with Crippen LogP contribution in [0.4, 0.5) is 5.82 Å². The van der Waals surface area contributed by atoms with Gasteiger partial charge in [0.15, 0.2) is 5.82 Å². The number of benzene rings is 1. The Bertz CT molecular complexity index is 1080. The van der Waals surface area contributed by atoms with E-state index in [1.165, 1.54) is 0 Å². The van der Waals surface area contributed by atoms with E-state index in [0.717, 1.165) is 43.9 Å². The molecule has 1 aliphatic carbocycles. The van der Waals surface area contributed by atoms with Crippen molar-refractivity contribution in [1.29, 1.82) is 0 Å². The lowest BCUT2D eigenvalue weighted by Crippen LogP contribution is -2.52. The Balaban J connectivity index is 1.33. The summed E-state index contributed by atoms with van der Waals surface area (Å²) in [6, 6.07) is 9.48. The van der Waals surface area contributed by atoms with E-state index in [4.69, 9.17) is 9.47 Å². The molecule has 38 heavy (non-hydrogen) atoms. The molecule has 0 spiro atoms. The number of anilines is 1. The summed E-state index contributed by atoms with van der Waals surface area (Å²) in [4.78, 5) is 34.1.